The fourth-order valence-corrected chi connectivity index (χ4v) is 2.61. The average Bonchev–Trinajstić information content (AvgIpc) is 2.61. The number of halogens is 1. The molecule has 0 unspecified atom stereocenters. The van der Waals surface area contributed by atoms with Crippen molar-refractivity contribution in [2.24, 2.45) is 0 Å². The van der Waals surface area contributed by atoms with Crippen molar-refractivity contribution < 1.29 is 9.18 Å². The summed E-state index contributed by atoms with van der Waals surface area (Å²) in [5.41, 5.74) is 1.37. The summed E-state index contributed by atoms with van der Waals surface area (Å²) >= 11 is 0. The molecular formula is C19H16FN3O2. The van der Waals surface area contributed by atoms with E-state index >= 15 is 0 Å². The van der Waals surface area contributed by atoms with E-state index in [0.29, 0.717) is 22.4 Å². The summed E-state index contributed by atoms with van der Waals surface area (Å²) in [5.74, 6) is -0.803. The molecule has 25 heavy (non-hydrogen) atoms. The van der Waals surface area contributed by atoms with Gasteiger partial charge in [0.25, 0.3) is 0 Å². The number of carbonyl (C=O) groups excluding carboxylic acids is 1. The SMILES string of the molecule is CC(C)c1[nH]c(=O)nc(-c2ccc(F)cc2)c1C(=O)c1cccnc1. The molecule has 126 valence electrons. The molecule has 3 aromatic rings. The van der Waals surface area contributed by atoms with Gasteiger partial charge in [0.05, 0.1) is 11.3 Å². The topological polar surface area (TPSA) is 75.7 Å². The lowest BCUT2D eigenvalue weighted by Gasteiger charge is -2.15. The van der Waals surface area contributed by atoms with Crippen LogP contribution in [0.3, 0.4) is 0 Å². The number of nitrogens with one attached hydrogen (secondary N) is 1. The van der Waals surface area contributed by atoms with Gasteiger partial charge in [-0.3, -0.25) is 9.78 Å². The first-order chi connectivity index (χ1) is 12.0. The standard InChI is InChI=1S/C19H16FN3O2/c1-11(2)16-15(18(24)13-4-3-9-21-10-13)17(23-19(25)22-16)12-5-7-14(20)8-6-12/h3-11H,1-2H3,(H,22,23,25). The fraction of sp³-hybridized carbons (Fsp3) is 0.158. The third kappa shape index (κ3) is 3.38. The molecule has 6 heteroatoms. The van der Waals surface area contributed by atoms with Crippen LogP contribution in [-0.4, -0.2) is 20.7 Å². The second kappa shape index (κ2) is 6.76. The lowest BCUT2D eigenvalue weighted by molar-refractivity contribution is 0.103. The number of H-pyrrole nitrogens is 1. The molecule has 0 aliphatic carbocycles. The van der Waals surface area contributed by atoms with Gasteiger partial charge in [-0.15, -0.1) is 0 Å². The molecule has 0 amide bonds. The van der Waals surface area contributed by atoms with Gasteiger partial charge in [0, 0.05) is 29.2 Å². The van der Waals surface area contributed by atoms with Crippen molar-refractivity contribution >= 4 is 5.78 Å². The maximum Gasteiger partial charge on any atom is 0.345 e. The predicted molar refractivity (Wildman–Crippen MR) is 92.0 cm³/mol. The molecule has 2 aromatic heterocycles. The zero-order valence-corrected chi connectivity index (χ0v) is 13.8. The zero-order valence-electron chi connectivity index (χ0n) is 13.8. The highest BCUT2D eigenvalue weighted by molar-refractivity contribution is 6.12. The van der Waals surface area contributed by atoms with Gasteiger partial charge >= 0.3 is 5.69 Å². The minimum absolute atomic E-state index is 0.106. The molecule has 0 fully saturated rings. The molecule has 1 N–H and O–H groups in total. The lowest BCUT2D eigenvalue weighted by Crippen LogP contribution is -2.21. The Hall–Kier alpha value is -3.15. The van der Waals surface area contributed by atoms with Gasteiger partial charge in [0.15, 0.2) is 5.78 Å². The molecular weight excluding hydrogens is 321 g/mol. The third-order valence-electron chi connectivity index (χ3n) is 3.81. The van der Waals surface area contributed by atoms with Crippen LogP contribution in [0.25, 0.3) is 11.3 Å². The van der Waals surface area contributed by atoms with Gasteiger partial charge in [-0.1, -0.05) is 13.8 Å². The number of pyridine rings is 1. The van der Waals surface area contributed by atoms with Crippen LogP contribution in [0.15, 0.2) is 53.6 Å². The lowest BCUT2D eigenvalue weighted by atomic mass is 9.93. The van der Waals surface area contributed by atoms with E-state index < -0.39 is 11.5 Å². The van der Waals surface area contributed by atoms with Crippen molar-refractivity contribution in [3.8, 4) is 11.3 Å². The van der Waals surface area contributed by atoms with Gasteiger partial charge in [0.2, 0.25) is 0 Å². The summed E-state index contributed by atoms with van der Waals surface area (Å²) in [7, 11) is 0. The maximum atomic E-state index is 13.2. The predicted octanol–water partition coefficient (Wildman–Crippen LogP) is 3.33. The van der Waals surface area contributed by atoms with Gasteiger partial charge in [-0.2, -0.15) is 4.98 Å². The molecule has 0 aliphatic rings. The molecule has 0 aliphatic heterocycles. The highest BCUT2D eigenvalue weighted by Gasteiger charge is 2.23. The second-order valence-corrected chi connectivity index (χ2v) is 5.91. The Bertz CT molecular complexity index is 964. The first-order valence-electron chi connectivity index (χ1n) is 7.82. The Balaban J connectivity index is 2.29. The monoisotopic (exact) mass is 337 g/mol. The van der Waals surface area contributed by atoms with E-state index in [9.17, 15) is 14.0 Å². The zero-order chi connectivity index (χ0) is 18.0. The largest absolute Gasteiger partial charge is 0.345 e. The van der Waals surface area contributed by atoms with Crippen LogP contribution in [0.4, 0.5) is 4.39 Å². The maximum absolute atomic E-state index is 13.2. The normalized spacial score (nSPS) is 10.9. The summed E-state index contributed by atoms with van der Waals surface area (Å²) < 4.78 is 13.2. The number of carbonyl (C=O) groups is 1. The Morgan fingerprint density at radius 2 is 1.88 bits per heavy atom. The van der Waals surface area contributed by atoms with E-state index in [4.69, 9.17) is 0 Å². The number of rotatable bonds is 4. The number of aromatic nitrogens is 3. The van der Waals surface area contributed by atoms with Gasteiger partial charge in [0.1, 0.15) is 5.82 Å². The van der Waals surface area contributed by atoms with Crippen molar-refractivity contribution in [3.63, 3.8) is 0 Å². The number of nitrogens with zero attached hydrogens (tertiary/aromatic N) is 2. The minimum atomic E-state index is -0.550. The summed E-state index contributed by atoms with van der Waals surface area (Å²) in [6.07, 6.45) is 3.04. The number of hydrogen-bond acceptors (Lipinski definition) is 4. The molecule has 0 spiro atoms. The Morgan fingerprint density at radius 3 is 2.48 bits per heavy atom. The van der Waals surface area contributed by atoms with Crippen LogP contribution in [0.5, 0.6) is 0 Å². The smallest absolute Gasteiger partial charge is 0.309 e. The van der Waals surface area contributed by atoms with Crippen molar-refractivity contribution in [2.45, 2.75) is 19.8 Å². The summed E-state index contributed by atoms with van der Waals surface area (Å²) in [5, 5.41) is 0. The van der Waals surface area contributed by atoms with Crippen LogP contribution < -0.4 is 5.69 Å². The molecule has 0 bridgehead atoms. The van der Waals surface area contributed by atoms with Crippen LogP contribution in [0.1, 0.15) is 41.4 Å². The van der Waals surface area contributed by atoms with E-state index in [-0.39, 0.29) is 17.4 Å². The quantitative estimate of drug-likeness (QED) is 0.741. The first-order valence-corrected chi connectivity index (χ1v) is 7.82. The Labute approximate surface area is 143 Å². The van der Waals surface area contributed by atoms with Crippen molar-refractivity contribution in [2.75, 3.05) is 0 Å². The molecule has 5 nitrogen and oxygen atoms in total. The van der Waals surface area contributed by atoms with E-state index in [2.05, 4.69) is 15.0 Å². The molecule has 0 radical (unpaired) electrons. The Kier molecular flexibility index (Phi) is 4.52. The summed E-state index contributed by atoms with van der Waals surface area (Å²) in [6, 6.07) is 8.86. The van der Waals surface area contributed by atoms with Gasteiger partial charge < -0.3 is 4.98 Å². The fourth-order valence-electron chi connectivity index (χ4n) is 2.61. The number of hydrogen-bond donors (Lipinski definition) is 1. The highest BCUT2D eigenvalue weighted by Crippen LogP contribution is 2.28. The van der Waals surface area contributed by atoms with Crippen LogP contribution in [0.2, 0.25) is 0 Å². The van der Waals surface area contributed by atoms with Gasteiger partial charge in [-0.05, 0) is 42.3 Å². The second-order valence-electron chi connectivity index (χ2n) is 5.91. The van der Waals surface area contributed by atoms with E-state index in [1.54, 1.807) is 18.3 Å². The van der Waals surface area contributed by atoms with Gasteiger partial charge in [-0.25, -0.2) is 9.18 Å². The summed E-state index contributed by atoms with van der Waals surface area (Å²) in [4.78, 5) is 35.7. The van der Waals surface area contributed by atoms with Crippen LogP contribution in [-0.2, 0) is 0 Å². The van der Waals surface area contributed by atoms with Crippen LogP contribution in [0, 0.1) is 5.82 Å². The summed E-state index contributed by atoms with van der Waals surface area (Å²) in [6.45, 7) is 3.75. The average molecular weight is 337 g/mol. The van der Waals surface area contributed by atoms with Crippen LogP contribution >= 0.6 is 0 Å². The van der Waals surface area contributed by atoms with E-state index in [1.165, 1.54) is 30.5 Å². The molecule has 2 heterocycles. The van der Waals surface area contributed by atoms with Crippen molar-refractivity contribution in [1.29, 1.82) is 0 Å². The molecule has 0 saturated heterocycles. The third-order valence-corrected chi connectivity index (χ3v) is 3.81. The molecule has 0 saturated carbocycles. The minimum Gasteiger partial charge on any atom is -0.309 e. The first kappa shape index (κ1) is 16.7. The molecule has 3 rings (SSSR count). The highest BCUT2D eigenvalue weighted by atomic mass is 19.1. The van der Waals surface area contributed by atoms with E-state index in [1.807, 2.05) is 13.8 Å². The van der Waals surface area contributed by atoms with E-state index in [0.717, 1.165) is 0 Å². The van der Waals surface area contributed by atoms with Crippen molar-refractivity contribution in [1.82, 2.24) is 15.0 Å². The number of benzene rings is 1. The Morgan fingerprint density at radius 1 is 1.16 bits per heavy atom. The molecule has 1 aromatic carbocycles. The number of aromatic amines is 1. The van der Waals surface area contributed by atoms with Crippen molar-refractivity contribution in [3.05, 3.63) is 81.9 Å². The molecule has 0 atom stereocenters. The number of ketones is 1.